The second-order valence-electron chi connectivity index (χ2n) is 12.4. The molecule has 0 N–H and O–H groups in total. The quantitative estimate of drug-likeness (QED) is 0.138. The smallest absolute Gasteiger partial charge is 0.346 e. The van der Waals surface area contributed by atoms with Crippen molar-refractivity contribution in [3.05, 3.63) is 167 Å². The fourth-order valence-electron chi connectivity index (χ4n) is 7.20. The molecule has 2 aromatic heterocycles. The minimum absolute atomic E-state index is 0.0452. The molecule has 0 aliphatic heterocycles. The molecule has 0 radical (unpaired) electrons. The van der Waals surface area contributed by atoms with Crippen LogP contribution in [-0.2, 0) is 17.2 Å². The van der Waals surface area contributed by atoms with Gasteiger partial charge in [0, 0.05) is 40.0 Å². The first-order valence-corrected chi connectivity index (χ1v) is 18.0. The molecular weight excluding hydrogens is 675 g/mol. The van der Waals surface area contributed by atoms with Crippen LogP contribution in [0.3, 0.4) is 0 Å². The monoisotopic (exact) mass is 707 g/mol. The summed E-state index contributed by atoms with van der Waals surface area (Å²) in [7, 11) is 0.695. The number of aryl methyl sites for hydroxylation is 1. The molecule has 0 unspecified atom stereocenters. The molecule has 0 aliphatic carbocycles. The number of benzene rings is 6. The number of methoxy groups -OCH3 is 2. The highest BCUT2D eigenvalue weighted by atomic mass is 32.2. The Balaban J connectivity index is 1.48. The lowest BCUT2D eigenvalue weighted by molar-refractivity contribution is 0.364. The molecule has 0 bridgehead atoms. The lowest BCUT2D eigenvalue weighted by Gasteiger charge is -2.23. The average Bonchev–Trinajstić information content (AvgIpc) is 3.45. The summed E-state index contributed by atoms with van der Waals surface area (Å²) in [6.07, 6.45) is 0. The summed E-state index contributed by atoms with van der Waals surface area (Å²) in [6.45, 7) is 0. The van der Waals surface area contributed by atoms with Crippen LogP contribution in [0.2, 0.25) is 0 Å². The standard InChI is InChI=1S/C43H33NO7S/c1-44-36-23-9-8-22-35(36)39(41(44)38(28-15-10-17-30(25-28)48-2)29-16-11-18-31(26-29)49-3)40-33-20-6-7-21-34(33)42(45)50-43(40)51-52(46,47)37-24-12-14-27-13-4-5-19-32(27)37/h4-26,38H,1-3H3. The van der Waals surface area contributed by atoms with Crippen molar-refractivity contribution in [2.45, 2.75) is 10.8 Å². The number of fused-ring (bicyclic) bond motifs is 3. The third-order valence-corrected chi connectivity index (χ3v) is 10.8. The van der Waals surface area contributed by atoms with E-state index in [4.69, 9.17) is 18.1 Å². The van der Waals surface area contributed by atoms with E-state index in [2.05, 4.69) is 4.57 Å². The average molecular weight is 708 g/mol. The normalized spacial score (nSPS) is 11.8. The Hall–Kier alpha value is -6.32. The van der Waals surface area contributed by atoms with E-state index in [9.17, 15) is 13.2 Å². The van der Waals surface area contributed by atoms with Gasteiger partial charge in [0.1, 0.15) is 16.4 Å². The van der Waals surface area contributed by atoms with Crippen molar-refractivity contribution < 1.29 is 26.5 Å². The van der Waals surface area contributed by atoms with Crippen LogP contribution in [0.15, 0.2) is 154 Å². The van der Waals surface area contributed by atoms with E-state index >= 15 is 0 Å². The fourth-order valence-corrected chi connectivity index (χ4v) is 8.30. The summed E-state index contributed by atoms with van der Waals surface area (Å²) in [5.41, 5.74) is 3.76. The Morgan fingerprint density at radius 3 is 1.85 bits per heavy atom. The zero-order valence-electron chi connectivity index (χ0n) is 28.6. The molecule has 258 valence electrons. The van der Waals surface area contributed by atoms with E-state index in [0.29, 0.717) is 33.4 Å². The number of rotatable bonds is 9. The predicted molar refractivity (Wildman–Crippen MR) is 203 cm³/mol. The molecule has 0 atom stereocenters. The first-order chi connectivity index (χ1) is 25.3. The molecule has 2 heterocycles. The molecule has 52 heavy (non-hydrogen) atoms. The van der Waals surface area contributed by atoms with Gasteiger partial charge in [-0.3, -0.25) is 0 Å². The van der Waals surface area contributed by atoms with E-state index in [0.717, 1.165) is 33.1 Å². The van der Waals surface area contributed by atoms with Crippen molar-refractivity contribution in [2.75, 3.05) is 14.2 Å². The van der Waals surface area contributed by atoms with Gasteiger partial charge in [-0.1, -0.05) is 97.1 Å². The molecule has 0 aliphatic rings. The number of hydrogen-bond acceptors (Lipinski definition) is 7. The van der Waals surface area contributed by atoms with E-state index in [1.54, 1.807) is 56.7 Å². The van der Waals surface area contributed by atoms with Crippen molar-refractivity contribution in [3.63, 3.8) is 0 Å². The highest BCUT2D eigenvalue weighted by Gasteiger charge is 2.33. The van der Waals surface area contributed by atoms with Crippen LogP contribution in [-0.4, -0.2) is 27.2 Å². The maximum absolute atomic E-state index is 14.3. The van der Waals surface area contributed by atoms with E-state index in [1.807, 2.05) is 98.0 Å². The van der Waals surface area contributed by atoms with Crippen LogP contribution in [0, 0.1) is 0 Å². The van der Waals surface area contributed by atoms with Crippen molar-refractivity contribution in [1.82, 2.24) is 4.57 Å². The zero-order valence-corrected chi connectivity index (χ0v) is 29.4. The second kappa shape index (κ2) is 13.1. The van der Waals surface area contributed by atoms with Gasteiger partial charge in [0.2, 0.25) is 0 Å². The Kier molecular flexibility index (Phi) is 8.28. The third kappa shape index (κ3) is 5.56. The zero-order chi connectivity index (χ0) is 36.0. The molecule has 0 saturated heterocycles. The SMILES string of the molecule is COc1cccc(C(c2cccc(OC)c2)c2c(-c3c(OS(=O)(=O)c4cccc5ccccc45)oc(=O)c4ccccc34)c3ccccc3n2C)c1. The van der Waals surface area contributed by atoms with Crippen LogP contribution in [0.1, 0.15) is 22.7 Å². The maximum atomic E-state index is 14.3. The largest absolute Gasteiger partial charge is 0.497 e. The Bertz CT molecular complexity index is 2770. The molecule has 0 amide bonds. The van der Waals surface area contributed by atoms with E-state index < -0.39 is 27.6 Å². The van der Waals surface area contributed by atoms with E-state index in [-0.39, 0.29) is 10.3 Å². The van der Waals surface area contributed by atoms with Crippen molar-refractivity contribution in [1.29, 1.82) is 0 Å². The van der Waals surface area contributed by atoms with Gasteiger partial charge in [-0.25, -0.2) is 4.79 Å². The van der Waals surface area contributed by atoms with Crippen LogP contribution in [0.5, 0.6) is 17.4 Å². The lowest BCUT2D eigenvalue weighted by atomic mass is 9.84. The maximum Gasteiger partial charge on any atom is 0.346 e. The van der Waals surface area contributed by atoms with Gasteiger partial charge in [-0.05, 0) is 59.0 Å². The van der Waals surface area contributed by atoms with Crippen LogP contribution in [0.25, 0.3) is 43.6 Å². The summed E-state index contributed by atoms with van der Waals surface area (Å²) in [5, 5.41) is 2.78. The first kappa shape index (κ1) is 32.9. The van der Waals surface area contributed by atoms with Gasteiger partial charge in [-0.15, -0.1) is 0 Å². The summed E-state index contributed by atoms with van der Waals surface area (Å²) >= 11 is 0. The summed E-state index contributed by atoms with van der Waals surface area (Å²) in [6, 6.07) is 42.7. The summed E-state index contributed by atoms with van der Waals surface area (Å²) < 4.78 is 54.0. The van der Waals surface area contributed by atoms with Gasteiger partial charge in [0.15, 0.2) is 0 Å². The molecule has 8 aromatic rings. The highest BCUT2D eigenvalue weighted by Crippen LogP contribution is 2.49. The third-order valence-electron chi connectivity index (χ3n) is 9.54. The molecule has 9 heteroatoms. The number of nitrogens with zero attached hydrogens (tertiary/aromatic N) is 1. The van der Waals surface area contributed by atoms with E-state index in [1.165, 1.54) is 6.07 Å². The Morgan fingerprint density at radius 1 is 0.615 bits per heavy atom. The first-order valence-electron chi connectivity index (χ1n) is 16.6. The molecule has 0 saturated carbocycles. The second-order valence-corrected chi connectivity index (χ2v) is 13.9. The predicted octanol–water partition coefficient (Wildman–Crippen LogP) is 9.07. The Morgan fingerprint density at radius 2 is 1.17 bits per heavy atom. The van der Waals surface area contributed by atoms with Crippen molar-refractivity contribution >= 4 is 42.6 Å². The number of ether oxygens (including phenoxy) is 2. The number of hydrogen-bond donors (Lipinski definition) is 0. The lowest BCUT2D eigenvalue weighted by Crippen LogP contribution is -2.14. The molecule has 8 rings (SSSR count). The van der Waals surface area contributed by atoms with Gasteiger partial charge in [0.05, 0.1) is 31.1 Å². The van der Waals surface area contributed by atoms with Gasteiger partial charge in [-0.2, -0.15) is 8.42 Å². The number of para-hydroxylation sites is 1. The molecule has 6 aromatic carbocycles. The summed E-state index contributed by atoms with van der Waals surface area (Å²) in [4.78, 5) is 13.6. The molecule has 8 nitrogen and oxygen atoms in total. The Labute approximate surface area is 300 Å². The van der Waals surface area contributed by atoms with Crippen molar-refractivity contribution in [2.24, 2.45) is 7.05 Å². The van der Waals surface area contributed by atoms with Gasteiger partial charge < -0.3 is 22.6 Å². The molecular formula is C43H33NO7S. The van der Waals surface area contributed by atoms with Crippen LogP contribution >= 0.6 is 0 Å². The van der Waals surface area contributed by atoms with Crippen LogP contribution < -0.4 is 19.3 Å². The summed E-state index contributed by atoms with van der Waals surface area (Å²) in [5.74, 6) is 0.481. The number of aromatic nitrogens is 1. The molecule has 0 fully saturated rings. The topological polar surface area (TPSA) is 97.0 Å². The highest BCUT2D eigenvalue weighted by molar-refractivity contribution is 7.87. The fraction of sp³-hybridized carbons (Fsp3) is 0.0930. The van der Waals surface area contributed by atoms with Crippen LogP contribution in [0.4, 0.5) is 0 Å². The van der Waals surface area contributed by atoms with Crippen molar-refractivity contribution in [3.8, 4) is 28.6 Å². The molecule has 0 spiro atoms. The van der Waals surface area contributed by atoms with Gasteiger partial charge in [0.25, 0.3) is 0 Å². The minimum Gasteiger partial charge on any atom is -0.497 e. The van der Waals surface area contributed by atoms with Gasteiger partial charge >= 0.3 is 21.7 Å². The minimum atomic E-state index is -4.53.